The summed E-state index contributed by atoms with van der Waals surface area (Å²) in [6.45, 7) is 4.55. The molecule has 0 radical (unpaired) electrons. The van der Waals surface area contributed by atoms with Crippen molar-refractivity contribution in [2.45, 2.75) is 19.6 Å². The number of hydrogen-bond donors (Lipinski definition) is 0. The smallest absolute Gasteiger partial charge is 0.264 e. The van der Waals surface area contributed by atoms with E-state index in [0.717, 1.165) is 4.68 Å². The average Bonchev–Trinajstić information content (AvgIpc) is 2.82. The highest BCUT2D eigenvalue weighted by Gasteiger charge is 2.29. The topological polar surface area (TPSA) is 30.7 Å². The minimum atomic E-state index is -4.32. The Kier molecular flexibility index (Phi) is 4.26. The Morgan fingerprint density at radius 3 is 2.76 bits per heavy atom. The number of rotatable bonds is 4. The van der Waals surface area contributed by atoms with Crippen LogP contribution in [0.2, 0.25) is 0 Å². The molecule has 0 aromatic carbocycles. The number of hydrogen-bond acceptors (Lipinski definition) is 2. The second-order valence-corrected chi connectivity index (χ2v) is 4.47. The van der Waals surface area contributed by atoms with Gasteiger partial charge in [-0.3, -0.25) is 9.67 Å². The molecule has 0 amide bonds. The highest BCUT2D eigenvalue weighted by Crippen LogP contribution is 2.28. The molecule has 0 aliphatic carbocycles. The first-order chi connectivity index (χ1) is 9.90. The van der Waals surface area contributed by atoms with Gasteiger partial charge in [0.15, 0.2) is 0 Å². The molecule has 0 atom stereocenters. The summed E-state index contributed by atoms with van der Waals surface area (Å²) in [5, 5.41) is 4.03. The summed E-state index contributed by atoms with van der Waals surface area (Å²) in [6.07, 6.45) is 3.70. The molecular formula is C15H14F3N3. The van der Waals surface area contributed by atoms with Crippen LogP contribution < -0.4 is 0 Å². The summed E-state index contributed by atoms with van der Waals surface area (Å²) in [7, 11) is 0. The van der Waals surface area contributed by atoms with Gasteiger partial charge >= 0.3 is 6.18 Å². The van der Waals surface area contributed by atoms with Gasteiger partial charge in [-0.25, -0.2) is 0 Å². The van der Waals surface area contributed by atoms with Gasteiger partial charge in [0.1, 0.15) is 12.2 Å². The second-order valence-electron chi connectivity index (χ2n) is 4.47. The normalized spacial score (nSPS) is 12.0. The van der Waals surface area contributed by atoms with E-state index in [1.165, 1.54) is 6.20 Å². The van der Waals surface area contributed by atoms with Gasteiger partial charge in [-0.05, 0) is 24.6 Å². The Bertz CT molecular complexity index is 655. The third-order valence-corrected chi connectivity index (χ3v) is 2.75. The molecule has 0 fully saturated rings. The lowest BCUT2D eigenvalue weighted by molar-refractivity contribution is -0.142. The molecule has 0 aliphatic heterocycles. The average molecular weight is 293 g/mol. The molecular weight excluding hydrogens is 279 g/mol. The SMILES string of the molecule is C=C(/C=C\C)c1cn(CC(F)(F)F)nc1-c1cccnc1. The fourth-order valence-electron chi connectivity index (χ4n) is 1.93. The largest absolute Gasteiger partial charge is 0.408 e. The molecule has 0 saturated heterocycles. The third-order valence-electron chi connectivity index (χ3n) is 2.75. The molecule has 0 unspecified atom stereocenters. The van der Waals surface area contributed by atoms with Crippen LogP contribution in [0.4, 0.5) is 13.2 Å². The number of nitrogens with zero attached hydrogens (tertiary/aromatic N) is 3. The van der Waals surface area contributed by atoms with E-state index in [1.807, 2.05) is 6.92 Å². The maximum absolute atomic E-state index is 12.5. The molecule has 0 aliphatic rings. The van der Waals surface area contributed by atoms with Gasteiger partial charge in [0.2, 0.25) is 0 Å². The molecule has 0 saturated carbocycles. The van der Waals surface area contributed by atoms with Crippen LogP contribution in [0.25, 0.3) is 16.8 Å². The molecule has 0 bridgehead atoms. The molecule has 0 N–H and O–H groups in total. The van der Waals surface area contributed by atoms with Crippen LogP contribution in [0, 0.1) is 0 Å². The van der Waals surface area contributed by atoms with Crippen molar-refractivity contribution in [2.24, 2.45) is 0 Å². The van der Waals surface area contributed by atoms with Crippen LogP contribution in [0.1, 0.15) is 12.5 Å². The number of aromatic nitrogens is 3. The first-order valence-electron chi connectivity index (χ1n) is 6.27. The lowest BCUT2D eigenvalue weighted by Gasteiger charge is -2.05. The molecule has 21 heavy (non-hydrogen) atoms. The van der Waals surface area contributed by atoms with Crippen LogP contribution in [-0.2, 0) is 6.54 Å². The van der Waals surface area contributed by atoms with E-state index in [0.29, 0.717) is 22.4 Å². The first kappa shape index (κ1) is 15.0. The summed E-state index contributed by atoms with van der Waals surface area (Å²) in [5.41, 5.74) is 2.25. The van der Waals surface area contributed by atoms with Gasteiger partial charge in [0.25, 0.3) is 0 Å². The number of halogens is 3. The maximum Gasteiger partial charge on any atom is 0.408 e. The summed E-state index contributed by atoms with van der Waals surface area (Å²) >= 11 is 0. The van der Waals surface area contributed by atoms with E-state index in [-0.39, 0.29) is 0 Å². The molecule has 0 spiro atoms. The summed E-state index contributed by atoms with van der Waals surface area (Å²) in [6, 6.07) is 3.46. The van der Waals surface area contributed by atoms with Crippen molar-refractivity contribution in [3.05, 3.63) is 55.0 Å². The van der Waals surface area contributed by atoms with E-state index in [4.69, 9.17) is 0 Å². The minimum Gasteiger partial charge on any atom is -0.264 e. The molecule has 3 nitrogen and oxygen atoms in total. The van der Waals surface area contributed by atoms with Crippen LogP contribution in [0.3, 0.4) is 0 Å². The van der Waals surface area contributed by atoms with Crippen LogP contribution in [-0.4, -0.2) is 20.9 Å². The quantitative estimate of drug-likeness (QED) is 0.795. The van der Waals surface area contributed by atoms with Crippen molar-refractivity contribution in [3.63, 3.8) is 0 Å². The summed E-state index contributed by atoms with van der Waals surface area (Å²) in [5.74, 6) is 0. The zero-order valence-corrected chi connectivity index (χ0v) is 11.4. The Morgan fingerprint density at radius 2 is 2.19 bits per heavy atom. The van der Waals surface area contributed by atoms with Crippen LogP contribution >= 0.6 is 0 Å². The number of allylic oxidation sites excluding steroid dienone is 3. The van der Waals surface area contributed by atoms with Gasteiger partial charge in [-0.2, -0.15) is 18.3 Å². The Labute approximate surface area is 120 Å². The Morgan fingerprint density at radius 1 is 1.43 bits per heavy atom. The van der Waals surface area contributed by atoms with Crippen molar-refractivity contribution in [1.29, 1.82) is 0 Å². The van der Waals surface area contributed by atoms with Gasteiger partial charge in [0.05, 0.1) is 0 Å². The Balaban J connectivity index is 2.48. The number of pyridine rings is 1. The van der Waals surface area contributed by atoms with Crippen molar-refractivity contribution in [2.75, 3.05) is 0 Å². The Hall–Kier alpha value is -2.37. The predicted molar refractivity (Wildman–Crippen MR) is 75.4 cm³/mol. The van der Waals surface area contributed by atoms with E-state index in [1.54, 1.807) is 36.7 Å². The minimum absolute atomic E-state index is 0.440. The van der Waals surface area contributed by atoms with Crippen molar-refractivity contribution >= 4 is 5.57 Å². The van der Waals surface area contributed by atoms with Crippen molar-refractivity contribution < 1.29 is 13.2 Å². The predicted octanol–water partition coefficient (Wildman–Crippen LogP) is 4.10. The lowest BCUT2D eigenvalue weighted by Crippen LogP contribution is -2.17. The molecule has 110 valence electrons. The van der Waals surface area contributed by atoms with Gasteiger partial charge < -0.3 is 0 Å². The monoisotopic (exact) mass is 293 g/mol. The zero-order valence-electron chi connectivity index (χ0n) is 11.4. The molecule has 6 heteroatoms. The summed E-state index contributed by atoms with van der Waals surface area (Å²) < 4.78 is 38.5. The van der Waals surface area contributed by atoms with E-state index in [9.17, 15) is 13.2 Å². The molecule has 2 rings (SSSR count). The molecule has 2 heterocycles. The highest BCUT2D eigenvalue weighted by molar-refractivity contribution is 5.81. The van der Waals surface area contributed by atoms with Crippen LogP contribution in [0.5, 0.6) is 0 Å². The standard InChI is InChI=1S/C15H14F3N3/c1-3-5-11(2)13-9-21(10-15(16,17)18)20-14(13)12-6-4-7-19-8-12/h3-9H,2,10H2,1H3/b5-3-. The fourth-order valence-corrected chi connectivity index (χ4v) is 1.93. The van der Waals surface area contributed by atoms with Crippen LogP contribution in [0.15, 0.2) is 49.5 Å². The van der Waals surface area contributed by atoms with E-state index >= 15 is 0 Å². The van der Waals surface area contributed by atoms with E-state index < -0.39 is 12.7 Å². The van der Waals surface area contributed by atoms with Crippen molar-refractivity contribution in [3.8, 4) is 11.3 Å². The highest BCUT2D eigenvalue weighted by atomic mass is 19.4. The molecule has 2 aromatic rings. The summed E-state index contributed by atoms with van der Waals surface area (Å²) in [4.78, 5) is 3.97. The third kappa shape index (κ3) is 3.81. The number of alkyl halides is 3. The maximum atomic E-state index is 12.5. The lowest BCUT2D eigenvalue weighted by atomic mass is 10.0. The molecule has 2 aromatic heterocycles. The first-order valence-corrected chi connectivity index (χ1v) is 6.27. The van der Waals surface area contributed by atoms with Crippen molar-refractivity contribution in [1.82, 2.24) is 14.8 Å². The fraction of sp³-hybridized carbons (Fsp3) is 0.200. The zero-order chi connectivity index (χ0) is 15.5. The van der Waals surface area contributed by atoms with Gasteiger partial charge in [0, 0.05) is 29.7 Å². The van der Waals surface area contributed by atoms with E-state index in [2.05, 4.69) is 16.7 Å². The van der Waals surface area contributed by atoms with Gasteiger partial charge in [-0.15, -0.1) is 0 Å². The van der Waals surface area contributed by atoms with Gasteiger partial charge in [-0.1, -0.05) is 18.7 Å². The second kappa shape index (κ2) is 5.95.